The first-order valence-corrected chi connectivity index (χ1v) is 7.45. The van der Waals surface area contributed by atoms with Crippen molar-refractivity contribution in [1.29, 1.82) is 0 Å². The van der Waals surface area contributed by atoms with E-state index < -0.39 is 0 Å². The lowest BCUT2D eigenvalue weighted by atomic mass is 10.1. The molecule has 0 fully saturated rings. The Morgan fingerprint density at radius 2 is 1.95 bits per heavy atom. The fourth-order valence-corrected chi connectivity index (χ4v) is 2.32. The number of rotatable bonds is 4. The van der Waals surface area contributed by atoms with E-state index in [-0.39, 0.29) is 5.91 Å². The third-order valence-electron chi connectivity index (χ3n) is 3.20. The van der Waals surface area contributed by atoms with Crippen molar-refractivity contribution in [3.63, 3.8) is 0 Å². The van der Waals surface area contributed by atoms with Gasteiger partial charge in [0.15, 0.2) is 0 Å². The molecule has 0 saturated heterocycles. The van der Waals surface area contributed by atoms with E-state index in [2.05, 4.69) is 46.4 Å². The molecule has 0 aliphatic carbocycles. The second-order valence-electron chi connectivity index (χ2n) is 4.96. The summed E-state index contributed by atoms with van der Waals surface area (Å²) in [7, 11) is 0. The van der Waals surface area contributed by atoms with E-state index in [1.165, 1.54) is 11.1 Å². The number of aryl methyl sites for hydroxylation is 2. The first kappa shape index (κ1) is 14.8. The second-order valence-corrected chi connectivity index (χ2v) is 5.81. The van der Waals surface area contributed by atoms with Crippen molar-refractivity contribution in [3.8, 4) is 0 Å². The Bertz CT molecular complexity index is 622. The van der Waals surface area contributed by atoms with Crippen molar-refractivity contribution in [1.82, 2.24) is 5.32 Å². The Labute approximate surface area is 128 Å². The zero-order valence-corrected chi connectivity index (χ0v) is 13.3. The molecule has 0 aliphatic heterocycles. The van der Waals surface area contributed by atoms with E-state index >= 15 is 0 Å². The summed E-state index contributed by atoms with van der Waals surface area (Å²) < 4.78 is 1.02. The average Bonchev–Trinajstić information content (AvgIpc) is 2.42. The second kappa shape index (κ2) is 6.71. The van der Waals surface area contributed by atoms with E-state index in [0.29, 0.717) is 12.1 Å². The summed E-state index contributed by atoms with van der Waals surface area (Å²) in [5.41, 5.74) is 4.26. The SMILES string of the molecule is Cc1cccc(CCNC(=O)c2ccc(Br)c(C)c2)c1. The molecule has 0 heterocycles. The van der Waals surface area contributed by atoms with E-state index in [4.69, 9.17) is 0 Å². The van der Waals surface area contributed by atoms with Crippen LogP contribution in [0.1, 0.15) is 27.0 Å². The normalized spacial score (nSPS) is 10.3. The molecule has 1 amide bonds. The van der Waals surface area contributed by atoms with Gasteiger partial charge < -0.3 is 5.32 Å². The standard InChI is InChI=1S/C17H18BrNO/c1-12-4-3-5-14(10-12)8-9-19-17(20)15-6-7-16(18)13(2)11-15/h3-7,10-11H,8-9H2,1-2H3,(H,19,20). The molecule has 0 atom stereocenters. The van der Waals surface area contributed by atoms with Gasteiger partial charge in [0, 0.05) is 16.6 Å². The molecule has 2 rings (SSSR count). The van der Waals surface area contributed by atoms with E-state index in [1.807, 2.05) is 31.2 Å². The Balaban J connectivity index is 1.90. The summed E-state index contributed by atoms with van der Waals surface area (Å²) in [6.45, 7) is 4.71. The molecular weight excluding hydrogens is 314 g/mol. The van der Waals surface area contributed by atoms with Crippen LogP contribution in [0.3, 0.4) is 0 Å². The molecule has 2 aromatic rings. The minimum absolute atomic E-state index is 0.0201. The minimum atomic E-state index is -0.0201. The Hall–Kier alpha value is -1.61. The lowest BCUT2D eigenvalue weighted by Gasteiger charge is -2.07. The Morgan fingerprint density at radius 1 is 1.15 bits per heavy atom. The first-order valence-electron chi connectivity index (χ1n) is 6.66. The number of carbonyl (C=O) groups is 1. The van der Waals surface area contributed by atoms with E-state index in [9.17, 15) is 4.79 Å². The van der Waals surface area contributed by atoms with Gasteiger partial charge in [-0.3, -0.25) is 4.79 Å². The first-order chi connectivity index (χ1) is 9.56. The summed E-state index contributed by atoms with van der Waals surface area (Å²) >= 11 is 3.44. The molecule has 0 radical (unpaired) electrons. The lowest BCUT2D eigenvalue weighted by Crippen LogP contribution is -2.25. The van der Waals surface area contributed by atoms with Gasteiger partial charge in [-0.2, -0.15) is 0 Å². The number of nitrogens with one attached hydrogen (secondary N) is 1. The number of halogens is 1. The summed E-state index contributed by atoms with van der Waals surface area (Å²) in [5.74, 6) is -0.0201. The molecule has 2 nitrogen and oxygen atoms in total. The fraction of sp³-hybridized carbons (Fsp3) is 0.235. The van der Waals surface area contributed by atoms with Crippen molar-refractivity contribution in [2.45, 2.75) is 20.3 Å². The quantitative estimate of drug-likeness (QED) is 0.900. The van der Waals surface area contributed by atoms with Crippen LogP contribution in [-0.4, -0.2) is 12.5 Å². The van der Waals surface area contributed by atoms with Gasteiger partial charge in [0.1, 0.15) is 0 Å². The number of amides is 1. The van der Waals surface area contributed by atoms with Crippen molar-refractivity contribution >= 4 is 21.8 Å². The molecule has 0 spiro atoms. The lowest BCUT2D eigenvalue weighted by molar-refractivity contribution is 0.0954. The van der Waals surface area contributed by atoms with Gasteiger partial charge in [-0.05, 0) is 49.6 Å². The molecule has 0 saturated carbocycles. The number of hydrogen-bond acceptors (Lipinski definition) is 1. The van der Waals surface area contributed by atoms with Crippen molar-refractivity contribution in [2.24, 2.45) is 0 Å². The highest BCUT2D eigenvalue weighted by Crippen LogP contribution is 2.17. The van der Waals surface area contributed by atoms with Gasteiger partial charge in [0.05, 0.1) is 0 Å². The van der Waals surface area contributed by atoms with Crippen LogP contribution in [0, 0.1) is 13.8 Å². The van der Waals surface area contributed by atoms with Gasteiger partial charge in [0.2, 0.25) is 0 Å². The van der Waals surface area contributed by atoms with Crippen molar-refractivity contribution in [3.05, 3.63) is 69.2 Å². The molecular formula is C17H18BrNO. The van der Waals surface area contributed by atoms with Crippen LogP contribution in [0.4, 0.5) is 0 Å². The van der Waals surface area contributed by atoms with Gasteiger partial charge in [-0.25, -0.2) is 0 Å². The Morgan fingerprint density at radius 3 is 2.65 bits per heavy atom. The predicted octanol–water partition coefficient (Wildman–Crippen LogP) is 4.04. The van der Waals surface area contributed by atoms with Crippen molar-refractivity contribution < 1.29 is 4.79 Å². The molecule has 0 aromatic heterocycles. The van der Waals surface area contributed by atoms with Crippen molar-refractivity contribution in [2.75, 3.05) is 6.54 Å². The average molecular weight is 332 g/mol. The highest BCUT2D eigenvalue weighted by Gasteiger charge is 2.06. The monoisotopic (exact) mass is 331 g/mol. The molecule has 20 heavy (non-hydrogen) atoms. The van der Waals surface area contributed by atoms with Crippen LogP contribution < -0.4 is 5.32 Å². The molecule has 0 aliphatic rings. The van der Waals surface area contributed by atoms with Crippen LogP contribution in [0.2, 0.25) is 0 Å². The Kier molecular flexibility index (Phi) is 4.96. The van der Waals surface area contributed by atoms with Crippen LogP contribution in [0.5, 0.6) is 0 Å². The number of benzene rings is 2. The molecule has 0 unspecified atom stereocenters. The fourth-order valence-electron chi connectivity index (χ4n) is 2.08. The van der Waals surface area contributed by atoms with Gasteiger partial charge in [0.25, 0.3) is 5.91 Å². The molecule has 0 bridgehead atoms. The van der Waals surface area contributed by atoms with E-state index in [0.717, 1.165) is 16.5 Å². The maximum absolute atomic E-state index is 12.0. The van der Waals surface area contributed by atoms with Crippen LogP contribution in [0.25, 0.3) is 0 Å². The highest BCUT2D eigenvalue weighted by atomic mass is 79.9. The molecule has 104 valence electrons. The zero-order valence-electron chi connectivity index (χ0n) is 11.7. The zero-order chi connectivity index (χ0) is 14.5. The maximum Gasteiger partial charge on any atom is 0.251 e. The van der Waals surface area contributed by atoms with Gasteiger partial charge in [-0.15, -0.1) is 0 Å². The van der Waals surface area contributed by atoms with Crippen LogP contribution in [0.15, 0.2) is 46.9 Å². The molecule has 3 heteroatoms. The smallest absolute Gasteiger partial charge is 0.251 e. The predicted molar refractivity (Wildman–Crippen MR) is 86.1 cm³/mol. The highest BCUT2D eigenvalue weighted by molar-refractivity contribution is 9.10. The number of hydrogen-bond donors (Lipinski definition) is 1. The topological polar surface area (TPSA) is 29.1 Å². The minimum Gasteiger partial charge on any atom is -0.352 e. The maximum atomic E-state index is 12.0. The number of carbonyl (C=O) groups excluding carboxylic acids is 1. The van der Waals surface area contributed by atoms with Gasteiger partial charge >= 0.3 is 0 Å². The summed E-state index contributed by atoms with van der Waals surface area (Å²) in [5, 5.41) is 2.96. The molecule has 1 N–H and O–H groups in total. The summed E-state index contributed by atoms with van der Waals surface area (Å²) in [4.78, 5) is 12.0. The van der Waals surface area contributed by atoms with E-state index in [1.54, 1.807) is 0 Å². The molecule has 2 aromatic carbocycles. The van der Waals surface area contributed by atoms with Gasteiger partial charge in [-0.1, -0.05) is 45.8 Å². The summed E-state index contributed by atoms with van der Waals surface area (Å²) in [6.07, 6.45) is 0.850. The largest absolute Gasteiger partial charge is 0.352 e. The summed E-state index contributed by atoms with van der Waals surface area (Å²) in [6, 6.07) is 14.0. The third-order valence-corrected chi connectivity index (χ3v) is 4.09. The van der Waals surface area contributed by atoms with Crippen LogP contribution in [-0.2, 0) is 6.42 Å². The van der Waals surface area contributed by atoms with Crippen LogP contribution >= 0.6 is 15.9 Å². The third kappa shape index (κ3) is 3.94.